The van der Waals surface area contributed by atoms with Crippen LogP contribution in [-0.2, 0) is 4.74 Å². The van der Waals surface area contributed by atoms with Crippen LogP contribution in [-0.4, -0.2) is 50.3 Å². The first-order valence-corrected chi connectivity index (χ1v) is 8.07. The summed E-state index contributed by atoms with van der Waals surface area (Å²) in [5, 5.41) is 12.8. The molecule has 1 saturated heterocycles. The summed E-state index contributed by atoms with van der Waals surface area (Å²) < 4.78 is 5.24. The van der Waals surface area contributed by atoms with Crippen LogP contribution in [0, 0.1) is 17.2 Å². The van der Waals surface area contributed by atoms with E-state index < -0.39 is 0 Å². The number of nitrogens with one attached hydrogen (secondary N) is 1. The summed E-state index contributed by atoms with van der Waals surface area (Å²) in [4.78, 5) is 2.54. The van der Waals surface area contributed by atoms with Crippen molar-refractivity contribution in [3.63, 3.8) is 0 Å². The van der Waals surface area contributed by atoms with Crippen LogP contribution in [0.3, 0.4) is 0 Å². The second kappa shape index (κ2) is 9.33. The van der Waals surface area contributed by atoms with E-state index in [1.807, 2.05) is 0 Å². The molecule has 0 spiro atoms. The fourth-order valence-electron chi connectivity index (χ4n) is 3.12. The molecule has 4 nitrogen and oxygen atoms in total. The van der Waals surface area contributed by atoms with Gasteiger partial charge in [0.1, 0.15) is 5.54 Å². The summed E-state index contributed by atoms with van der Waals surface area (Å²) in [6, 6.07) is 2.48. The van der Waals surface area contributed by atoms with Crippen molar-refractivity contribution in [2.24, 2.45) is 5.92 Å². The first-order valence-electron chi connectivity index (χ1n) is 8.07. The number of nitriles is 1. The van der Waals surface area contributed by atoms with Crippen LogP contribution in [0.25, 0.3) is 0 Å². The average Bonchev–Trinajstić information content (AvgIpc) is 2.48. The fraction of sp³-hybridized carbons (Fsp3) is 0.938. The summed E-state index contributed by atoms with van der Waals surface area (Å²) in [5.74, 6) is 0.742. The van der Waals surface area contributed by atoms with Gasteiger partial charge in [0.25, 0.3) is 0 Å². The zero-order chi connectivity index (χ0) is 14.8. The van der Waals surface area contributed by atoms with Gasteiger partial charge >= 0.3 is 0 Å². The van der Waals surface area contributed by atoms with Gasteiger partial charge in [-0.1, -0.05) is 13.8 Å². The van der Waals surface area contributed by atoms with E-state index in [-0.39, 0.29) is 5.54 Å². The Kier molecular flexibility index (Phi) is 8.13. The first kappa shape index (κ1) is 17.4. The topological polar surface area (TPSA) is 48.3 Å². The molecule has 1 unspecified atom stereocenters. The molecule has 20 heavy (non-hydrogen) atoms. The maximum atomic E-state index is 9.40. The van der Waals surface area contributed by atoms with Gasteiger partial charge in [0, 0.05) is 13.7 Å². The van der Waals surface area contributed by atoms with Gasteiger partial charge in [-0.25, -0.2) is 0 Å². The monoisotopic (exact) mass is 281 g/mol. The molecule has 1 rings (SSSR count). The smallest absolute Gasteiger partial charge is 0.106 e. The van der Waals surface area contributed by atoms with Crippen LogP contribution >= 0.6 is 0 Å². The van der Waals surface area contributed by atoms with Crippen molar-refractivity contribution in [2.75, 3.05) is 39.9 Å². The van der Waals surface area contributed by atoms with Crippen molar-refractivity contribution in [2.45, 2.75) is 51.5 Å². The maximum absolute atomic E-state index is 9.40. The first-order chi connectivity index (χ1) is 9.69. The fourth-order valence-corrected chi connectivity index (χ4v) is 3.12. The largest absolute Gasteiger partial charge is 0.384 e. The Morgan fingerprint density at radius 2 is 2.05 bits per heavy atom. The highest BCUT2D eigenvalue weighted by molar-refractivity contribution is 5.06. The normalized spacial score (nSPS) is 20.5. The summed E-state index contributed by atoms with van der Waals surface area (Å²) in [5.41, 5.74) is -0.316. The van der Waals surface area contributed by atoms with Crippen LogP contribution in [0.5, 0.6) is 0 Å². The second-order valence-corrected chi connectivity index (χ2v) is 5.92. The molecule has 0 aliphatic carbocycles. The maximum Gasteiger partial charge on any atom is 0.106 e. The lowest BCUT2D eigenvalue weighted by atomic mass is 9.91. The van der Waals surface area contributed by atoms with Crippen LogP contribution < -0.4 is 5.32 Å². The number of rotatable bonds is 9. The molecule has 4 heteroatoms. The average molecular weight is 281 g/mol. The third-order valence-electron chi connectivity index (χ3n) is 4.52. The van der Waals surface area contributed by atoms with Crippen LogP contribution in [0.1, 0.15) is 46.0 Å². The number of hydrogen-bond acceptors (Lipinski definition) is 4. The molecule has 0 aromatic heterocycles. The molecule has 1 aliphatic rings. The summed E-state index contributed by atoms with van der Waals surface area (Å²) in [6.45, 7) is 9.42. The van der Waals surface area contributed by atoms with Crippen LogP contribution in [0.4, 0.5) is 0 Å². The Labute approximate surface area is 124 Å². The Morgan fingerprint density at radius 1 is 1.35 bits per heavy atom. The molecule has 1 aliphatic heterocycles. The Bertz CT molecular complexity index is 295. The highest BCUT2D eigenvalue weighted by Gasteiger charge is 2.26. The minimum atomic E-state index is -0.316. The van der Waals surface area contributed by atoms with Crippen molar-refractivity contribution in [3.8, 4) is 6.07 Å². The predicted molar refractivity (Wildman–Crippen MR) is 82.6 cm³/mol. The molecule has 1 fully saturated rings. The predicted octanol–water partition coefficient (Wildman–Crippen LogP) is 2.41. The number of nitrogens with zero attached hydrogens (tertiary/aromatic N) is 2. The van der Waals surface area contributed by atoms with Gasteiger partial charge in [-0.05, 0) is 64.2 Å². The Hall–Kier alpha value is -0.630. The van der Waals surface area contributed by atoms with Crippen molar-refractivity contribution in [3.05, 3.63) is 0 Å². The standard InChI is InChI=1S/C16H31N3O/c1-4-16(14-17,18-5-2)9-6-10-19-11-7-15(8-12-19)13-20-3/h15,18H,4-13H2,1-3H3. The number of hydrogen-bond donors (Lipinski definition) is 1. The quantitative estimate of drug-likeness (QED) is 0.705. The van der Waals surface area contributed by atoms with E-state index >= 15 is 0 Å². The van der Waals surface area contributed by atoms with Crippen molar-refractivity contribution in [1.29, 1.82) is 5.26 Å². The molecule has 0 amide bonds. The van der Waals surface area contributed by atoms with E-state index in [9.17, 15) is 5.26 Å². The molecule has 116 valence electrons. The van der Waals surface area contributed by atoms with Gasteiger partial charge < -0.3 is 9.64 Å². The van der Waals surface area contributed by atoms with E-state index in [0.29, 0.717) is 0 Å². The molecule has 0 aromatic rings. The van der Waals surface area contributed by atoms with E-state index in [1.54, 1.807) is 7.11 Å². The highest BCUT2D eigenvalue weighted by atomic mass is 16.5. The van der Waals surface area contributed by atoms with Gasteiger partial charge in [-0.15, -0.1) is 0 Å². The molecule has 0 radical (unpaired) electrons. The van der Waals surface area contributed by atoms with E-state index in [1.165, 1.54) is 25.9 Å². The summed E-state index contributed by atoms with van der Waals surface area (Å²) >= 11 is 0. The number of piperidine rings is 1. The molecule has 1 heterocycles. The van der Waals surface area contributed by atoms with Gasteiger partial charge in [0.2, 0.25) is 0 Å². The van der Waals surface area contributed by atoms with Gasteiger partial charge in [0.15, 0.2) is 0 Å². The zero-order valence-electron chi connectivity index (χ0n) is 13.5. The molecule has 0 bridgehead atoms. The number of ether oxygens (including phenoxy) is 1. The molecule has 0 saturated carbocycles. The van der Waals surface area contributed by atoms with Gasteiger partial charge in [-0.2, -0.15) is 5.26 Å². The summed E-state index contributed by atoms with van der Waals surface area (Å²) in [6.07, 6.45) is 5.43. The Balaban J connectivity index is 2.25. The molecular weight excluding hydrogens is 250 g/mol. The van der Waals surface area contributed by atoms with E-state index in [2.05, 4.69) is 30.1 Å². The minimum absolute atomic E-state index is 0.316. The third kappa shape index (κ3) is 5.40. The Morgan fingerprint density at radius 3 is 2.55 bits per heavy atom. The minimum Gasteiger partial charge on any atom is -0.384 e. The SMILES string of the molecule is CCNC(C#N)(CC)CCCN1CCC(COC)CC1. The molecule has 1 atom stereocenters. The van der Waals surface area contributed by atoms with E-state index in [4.69, 9.17) is 4.74 Å². The van der Waals surface area contributed by atoms with Crippen LogP contribution in [0.15, 0.2) is 0 Å². The lowest BCUT2D eigenvalue weighted by Gasteiger charge is -2.33. The van der Waals surface area contributed by atoms with Crippen molar-refractivity contribution < 1.29 is 4.74 Å². The van der Waals surface area contributed by atoms with Crippen LogP contribution in [0.2, 0.25) is 0 Å². The molecule has 0 aromatic carbocycles. The van der Waals surface area contributed by atoms with Gasteiger partial charge in [-0.3, -0.25) is 5.32 Å². The van der Waals surface area contributed by atoms with Crippen molar-refractivity contribution >= 4 is 0 Å². The highest BCUT2D eigenvalue weighted by Crippen LogP contribution is 2.20. The van der Waals surface area contributed by atoms with Gasteiger partial charge in [0.05, 0.1) is 6.07 Å². The lowest BCUT2D eigenvalue weighted by Crippen LogP contribution is -2.44. The van der Waals surface area contributed by atoms with Crippen molar-refractivity contribution in [1.82, 2.24) is 10.2 Å². The lowest BCUT2D eigenvalue weighted by molar-refractivity contribution is 0.0980. The number of methoxy groups -OCH3 is 1. The summed E-state index contributed by atoms with van der Waals surface area (Å²) in [7, 11) is 1.79. The number of likely N-dealkylation sites (tertiary alicyclic amines) is 1. The zero-order valence-corrected chi connectivity index (χ0v) is 13.5. The van der Waals surface area contributed by atoms with E-state index in [0.717, 1.165) is 44.9 Å². The third-order valence-corrected chi connectivity index (χ3v) is 4.52. The molecular formula is C16H31N3O. The second-order valence-electron chi connectivity index (χ2n) is 5.92. The molecule has 1 N–H and O–H groups in total.